The second kappa shape index (κ2) is 4.98. The summed E-state index contributed by atoms with van der Waals surface area (Å²) in [7, 11) is -3.55. The zero-order chi connectivity index (χ0) is 15.0. The summed E-state index contributed by atoms with van der Waals surface area (Å²) in [6.07, 6.45) is 1.40. The van der Waals surface area contributed by atoms with Gasteiger partial charge >= 0.3 is 0 Å². The lowest BCUT2D eigenvalue weighted by Gasteiger charge is -2.23. The zero-order valence-corrected chi connectivity index (χ0v) is 12.4. The Kier molecular flexibility index (Phi) is 3.65. The van der Waals surface area contributed by atoms with E-state index in [-0.39, 0.29) is 12.4 Å². The van der Waals surface area contributed by atoms with Crippen LogP contribution in [0.25, 0.3) is 5.65 Å². The molecule has 0 bridgehead atoms. The minimum atomic E-state index is -3.55. The lowest BCUT2D eigenvalue weighted by Crippen LogP contribution is -2.33. The molecule has 0 unspecified atom stereocenters. The van der Waals surface area contributed by atoms with Gasteiger partial charge in [0.05, 0.1) is 12.4 Å². The van der Waals surface area contributed by atoms with Crippen LogP contribution in [-0.4, -0.2) is 40.6 Å². The molecule has 0 fully saturated rings. The Balaban J connectivity index is 2.14. The molecule has 0 aromatic carbocycles. The third-order valence-corrected chi connectivity index (χ3v) is 3.80. The summed E-state index contributed by atoms with van der Waals surface area (Å²) in [5, 5.41) is 13.2. The molecule has 0 saturated heterocycles. The number of aryl methyl sites for hydroxylation is 1. The molecule has 0 saturated carbocycles. The topological polar surface area (TPSA) is 112 Å². The van der Waals surface area contributed by atoms with Crippen molar-refractivity contribution in [2.75, 3.05) is 12.4 Å². The number of rotatable bonds is 5. The van der Waals surface area contributed by atoms with Gasteiger partial charge in [0.1, 0.15) is 6.33 Å². The molecule has 0 amide bonds. The van der Waals surface area contributed by atoms with Gasteiger partial charge in [-0.25, -0.2) is 18.5 Å². The van der Waals surface area contributed by atoms with Gasteiger partial charge in [0, 0.05) is 11.0 Å². The fourth-order valence-electron chi connectivity index (χ4n) is 1.83. The number of nitrogens with two attached hydrogens (primary N) is 1. The Labute approximate surface area is 117 Å². The summed E-state index contributed by atoms with van der Waals surface area (Å²) >= 11 is 0. The highest BCUT2D eigenvalue weighted by Gasteiger charge is 2.25. The molecule has 0 radical (unpaired) electrons. The van der Waals surface area contributed by atoms with Crippen molar-refractivity contribution in [3.05, 3.63) is 18.0 Å². The Bertz CT molecular complexity index is 723. The van der Waals surface area contributed by atoms with Gasteiger partial charge < -0.3 is 4.74 Å². The zero-order valence-electron chi connectivity index (χ0n) is 11.6. The number of hydrogen-bond donors (Lipinski definition) is 1. The molecule has 110 valence electrons. The molecule has 0 aliphatic rings. The van der Waals surface area contributed by atoms with Crippen LogP contribution in [0.2, 0.25) is 0 Å². The molecule has 2 heterocycles. The van der Waals surface area contributed by atoms with Crippen LogP contribution >= 0.6 is 0 Å². The van der Waals surface area contributed by atoms with Crippen LogP contribution in [0.4, 0.5) is 0 Å². The predicted octanol–water partition coefficient (Wildman–Crippen LogP) is 0.126. The van der Waals surface area contributed by atoms with Crippen molar-refractivity contribution >= 4 is 15.7 Å². The maximum Gasteiger partial charge on any atom is 0.236 e. The normalized spacial score (nSPS) is 12.8. The maximum atomic E-state index is 11.1. The van der Waals surface area contributed by atoms with Gasteiger partial charge in [-0.3, -0.25) is 0 Å². The number of nitrogens with zero attached hydrogens (tertiary/aromatic N) is 4. The SMILES string of the molecule is Cc1cc2ncnn2nc1OCC(C)(C)CS(N)(=O)=O. The van der Waals surface area contributed by atoms with Crippen LogP contribution in [0.15, 0.2) is 12.4 Å². The third-order valence-electron chi connectivity index (χ3n) is 2.62. The van der Waals surface area contributed by atoms with E-state index in [4.69, 9.17) is 9.88 Å². The first-order chi connectivity index (χ1) is 9.16. The van der Waals surface area contributed by atoms with E-state index < -0.39 is 15.4 Å². The highest BCUT2D eigenvalue weighted by Crippen LogP contribution is 2.21. The van der Waals surface area contributed by atoms with E-state index in [2.05, 4.69) is 15.2 Å². The highest BCUT2D eigenvalue weighted by molar-refractivity contribution is 7.89. The number of ether oxygens (including phenoxy) is 1. The average molecular weight is 299 g/mol. The molecule has 0 spiro atoms. The molecule has 0 aliphatic carbocycles. The summed E-state index contributed by atoms with van der Waals surface area (Å²) in [5.74, 6) is 0.232. The van der Waals surface area contributed by atoms with E-state index in [1.165, 1.54) is 11.0 Å². The van der Waals surface area contributed by atoms with Gasteiger partial charge in [0.2, 0.25) is 15.9 Å². The first kappa shape index (κ1) is 14.7. The summed E-state index contributed by atoms with van der Waals surface area (Å²) in [4.78, 5) is 4.02. The van der Waals surface area contributed by atoms with Gasteiger partial charge in [-0.1, -0.05) is 13.8 Å². The van der Waals surface area contributed by atoms with Crippen LogP contribution in [0.1, 0.15) is 19.4 Å². The largest absolute Gasteiger partial charge is 0.476 e. The van der Waals surface area contributed by atoms with Crippen molar-refractivity contribution in [1.29, 1.82) is 0 Å². The lowest BCUT2D eigenvalue weighted by atomic mass is 9.98. The summed E-state index contributed by atoms with van der Waals surface area (Å²) in [5.41, 5.74) is 0.814. The minimum absolute atomic E-state index is 0.162. The van der Waals surface area contributed by atoms with Gasteiger partial charge in [-0.2, -0.15) is 0 Å². The summed E-state index contributed by atoms with van der Waals surface area (Å²) in [6, 6.07) is 1.79. The first-order valence-corrected chi connectivity index (χ1v) is 7.69. The number of aromatic nitrogens is 4. The van der Waals surface area contributed by atoms with E-state index in [0.717, 1.165) is 5.56 Å². The molecule has 2 N–H and O–H groups in total. The van der Waals surface area contributed by atoms with E-state index in [9.17, 15) is 8.42 Å². The van der Waals surface area contributed by atoms with Crippen LogP contribution < -0.4 is 9.88 Å². The highest BCUT2D eigenvalue weighted by atomic mass is 32.2. The smallest absolute Gasteiger partial charge is 0.236 e. The second-order valence-electron chi connectivity index (χ2n) is 5.50. The number of sulfonamides is 1. The van der Waals surface area contributed by atoms with Crippen molar-refractivity contribution in [3.63, 3.8) is 0 Å². The Morgan fingerprint density at radius 1 is 1.45 bits per heavy atom. The van der Waals surface area contributed by atoms with Crippen LogP contribution in [0.3, 0.4) is 0 Å². The van der Waals surface area contributed by atoms with Crippen LogP contribution in [-0.2, 0) is 10.0 Å². The molecular weight excluding hydrogens is 282 g/mol. The second-order valence-corrected chi connectivity index (χ2v) is 7.11. The monoisotopic (exact) mass is 299 g/mol. The maximum absolute atomic E-state index is 11.1. The number of primary sulfonamides is 1. The molecule has 2 aromatic rings. The fourth-order valence-corrected chi connectivity index (χ4v) is 3.00. The average Bonchev–Trinajstić information content (AvgIpc) is 2.69. The number of fused-ring (bicyclic) bond motifs is 1. The molecule has 2 aromatic heterocycles. The Hall–Kier alpha value is -1.74. The fraction of sp³-hybridized carbons (Fsp3) is 0.545. The molecule has 0 atom stereocenters. The van der Waals surface area contributed by atoms with E-state index in [1.54, 1.807) is 19.9 Å². The third kappa shape index (κ3) is 3.64. The Morgan fingerprint density at radius 2 is 2.15 bits per heavy atom. The van der Waals surface area contributed by atoms with Crippen molar-refractivity contribution < 1.29 is 13.2 Å². The van der Waals surface area contributed by atoms with Crippen molar-refractivity contribution in [2.24, 2.45) is 10.6 Å². The van der Waals surface area contributed by atoms with Crippen LogP contribution in [0, 0.1) is 12.3 Å². The van der Waals surface area contributed by atoms with Crippen molar-refractivity contribution in [3.8, 4) is 5.88 Å². The molecule has 8 nitrogen and oxygen atoms in total. The molecule has 9 heteroatoms. The Morgan fingerprint density at radius 3 is 2.80 bits per heavy atom. The van der Waals surface area contributed by atoms with E-state index in [0.29, 0.717) is 11.5 Å². The van der Waals surface area contributed by atoms with Gasteiger partial charge in [-0.15, -0.1) is 14.8 Å². The first-order valence-electron chi connectivity index (χ1n) is 5.97. The number of hydrogen-bond acceptors (Lipinski definition) is 6. The lowest BCUT2D eigenvalue weighted by molar-refractivity contribution is 0.189. The molecular formula is C11H17N5O3S. The summed E-state index contributed by atoms with van der Waals surface area (Å²) in [6.45, 7) is 5.54. The predicted molar refractivity (Wildman–Crippen MR) is 72.8 cm³/mol. The van der Waals surface area contributed by atoms with Crippen molar-refractivity contribution in [1.82, 2.24) is 19.8 Å². The summed E-state index contributed by atoms with van der Waals surface area (Å²) < 4.78 is 29.3. The van der Waals surface area contributed by atoms with E-state index >= 15 is 0 Å². The minimum Gasteiger partial charge on any atom is -0.476 e. The van der Waals surface area contributed by atoms with Crippen LogP contribution in [0.5, 0.6) is 5.88 Å². The standard InChI is InChI=1S/C11H17N5O3S/c1-8-4-9-13-7-14-16(9)15-10(8)19-5-11(2,3)6-20(12,17)18/h4,7H,5-6H2,1-3H3,(H2,12,17,18). The van der Waals surface area contributed by atoms with Gasteiger partial charge in [0.25, 0.3) is 0 Å². The molecule has 0 aliphatic heterocycles. The van der Waals surface area contributed by atoms with Gasteiger partial charge in [0.15, 0.2) is 5.65 Å². The van der Waals surface area contributed by atoms with Gasteiger partial charge in [-0.05, 0) is 13.0 Å². The quantitative estimate of drug-likeness (QED) is 0.839. The molecule has 20 heavy (non-hydrogen) atoms. The van der Waals surface area contributed by atoms with E-state index in [1.807, 2.05) is 6.92 Å². The van der Waals surface area contributed by atoms with Crippen molar-refractivity contribution in [2.45, 2.75) is 20.8 Å². The molecule has 2 rings (SSSR count).